The molecule has 1 saturated heterocycles. The lowest BCUT2D eigenvalue weighted by Gasteiger charge is -2.17. The second-order valence-electron chi connectivity index (χ2n) is 6.57. The summed E-state index contributed by atoms with van der Waals surface area (Å²) in [5, 5.41) is 0. The third kappa shape index (κ3) is 5.08. The normalized spacial score (nSPS) is 18.7. The molecule has 1 heterocycles. The number of benzene rings is 2. The van der Waals surface area contributed by atoms with Crippen LogP contribution in [0.5, 0.6) is 5.75 Å². The molecular weight excluding hydrogens is 364 g/mol. The monoisotopic (exact) mass is 388 g/mol. The number of hydrogen-bond donors (Lipinski definition) is 1. The van der Waals surface area contributed by atoms with Crippen molar-refractivity contribution in [1.29, 1.82) is 0 Å². The summed E-state index contributed by atoms with van der Waals surface area (Å²) in [4.78, 5) is 25.8. The van der Waals surface area contributed by atoms with E-state index in [-0.39, 0.29) is 42.7 Å². The van der Waals surface area contributed by atoms with Crippen molar-refractivity contribution in [3.8, 4) is 5.75 Å². The maximum absolute atomic E-state index is 12.5. The van der Waals surface area contributed by atoms with E-state index in [1.165, 1.54) is 0 Å². The Morgan fingerprint density at radius 1 is 1.07 bits per heavy atom. The minimum absolute atomic E-state index is 0. The zero-order valence-corrected chi connectivity index (χ0v) is 16.2. The Morgan fingerprint density at radius 3 is 2.37 bits per heavy atom. The summed E-state index contributed by atoms with van der Waals surface area (Å²) >= 11 is 0. The van der Waals surface area contributed by atoms with Gasteiger partial charge in [-0.25, -0.2) is 0 Å². The first kappa shape index (κ1) is 20.9. The molecule has 0 radical (unpaired) electrons. The van der Waals surface area contributed by atoms with Crippen molar-refractivity contribution in [2.24, 2.45) is 5.73 Å². The van der Waals surface area contributed by atoms with Gasteiger partial charge in [-0.2, -0.15) is 0 Å². The molecule has 6 heteroatoms. The highest BCUT2D eigenvalue weighted by Gasteiger charge is 2.33. The summed E-state index contributed by atoms with van der Waals surface area (Å²) in [6.07, 6.45) is 0.469. The van der Waals surface area contributed by atoms with Gasteiger partial charge >= 0.3 is 0 Å². The molecule has 0 bridgehead atoms. The fraction of sp³-hybridized carbons (Fsp3) is 0.333. The van der Waals surface area contributed by atoms with Gasteiger partial charge in [-0.3, -0.25) is 9.59 Å². The van der Waals surface area contributed by atoms with Gasteiger partial charge in [-0.05, 0) is 29.8 Å². The van der Waals surface area contributed by atoms with Crippen LogP contribution in [0.25, 0.3) is 0 Å². The highest BCUT2D eigenvalue weighted by molar-refractivity contribution is 5.95. The maximum atomic E-state index is 12.5. The second-order valence-corrected chi connectivity index (χ2v) is 6.57. The Kier molecular flexibility index (Phi) is 7.39. The number of nitrogens with two attached hydrogens (primary N) is 1. The number of nitrogens with zero attached hydrogens (tertiary/aromatic N) is 1. The van der Waals surface area contributed by atoms with Gasteiger partial charge in [0.1, 0.15) is 5.75 Å². The lowest BCUT2D eigenvalue weighted by molar-refractivity contribution is -0.132. The number of ether oxygens (including phenoxy) is 1. The van der Waals surface area contributed by atoms with Crippen LogP contribution in [0.15, 0.2) is 54.6 Å². The standard InChI is InChI=1S/C21H24N2O3.ClH/c1-2-20(24)16-8-10-17(11-9-16)26-14-21(25)23-12-18(19(22)13-23)15-6-4-3-5-7-15;/h3-11,18-19H,2,12-14,22H2,1H3;1H/t18-,19+;/m0./s1. The van der Waals surface area contributed by atoms with Crippen molar-refractivity contribution in [2.75, 3.05) is 19.7 Å². The average molecular weight is 389 g/mol. The minimum Gasteiger partial charge on any atom is -0.484 e. The quantitative estimate of drug-likeness (QED) is 0.772. The van der Waals surface area contributed by atoms with E-state index in [2.05, 4.69) is 0 Å². The zero-order chi connectivity index (χ0) is 18.5. The molecule has 0 aromatic heterocycles. The topological polar surface area (TPSA) is 72.6 Å². The fourth-order valence-corrected chi connectivity index (χ4v) is 3.26. The van der Waals surface area contributed by atoms with E-state index >= 15 is 0 Å². The fourth-order valence-electron chi connectivity index (χ4n) is 3.26. The smallest absolute Gasteiger partial charge is 0.260 e. The van der Waals surface area contributed by atoms with Crippen LogP contribution in [0.2, 0.25) is 0 Å². The Balaban J connectivity index is 0.00000261. The predicted molar refractivity (Wildman–Crippen MR) is 108 cm³/mol. The molecule has 0 unspecified atom stereocenters. The van der Waals surface area contributed by atoms with Gasteiger partial charge in [0.05, 0.1) is 0 Å². The van der Waals surface area contributed by atoms with E-state index in [1.807, 2.05) is 37.3 Å². The summed E-state index contributed by atoms with van der Waals surface area (Å²) < 4.78 is 5.58. The Bertz CT molecular complexity index is 765. The molecule has 27 heavy (non-hydrogen) atoms. The molecule has 3 rings (SSSR count). The Hall–Kier alpha value is -2.37. The molecule has 2 atom stereocenters. The van der Waals surface area contributed by atoms with Gasteiger partial charge < -0.3 is 15.4 Å². The van der Waals surface area contributed by atoms with Crippen molar-refractivity contribution < 1.29 is 14.3 Å². The lowest BCUT2D eigenvalue weighted by Crippen LogP contribution is -2.35. The number of Topliss-reactive ketones (excluding diaryl/α,β-unsaturated/α-hetero) is 1. The summed E-state index contributed by atoms with van der Waals surface area (Å²) in [5.74, 6) is 0.742. The van der Waals surface area contributed by atoms with Gasteiger partial charge in [0.25, 0.3) is 5.91 Å². The third-order valence-electron chi connectivity index (χ3n) is 4.81. The van der Waals surface area contributed by atoms with Crippen molar-refractivity contribution in [3.63, 3.8) is 0 Å². The molecule has 2 aromatic rings. The van der Waals surface area contributed by atoms with Crippen molar-refractivity contribution in [2.45, 2.75) is 25.3 Å². The van der Waals surface area contributed by atoms with E-state index in [4.69, 9.17) is 10.5 Å². The molecule has 5 nitrogen and oxygen atoms in total. The van der Waals surface area contributed by atoms with E-state index in [9.17, 15) is 9.59 Å². The molecule has 1 aliphatic heterocycles. The molecule has 2 N–H and O–H groups in total. The van der Waals surface area contributed by atoms with Crippen LogP contribution in [-0.2, 0) is 4.79 Å². The molecule has 0 spiro atoms. The SMILES string of the molecule is CCC(=O)c1ccc(OCC(=O)N2C[C@@H](N)[C@H](c3ccccc3)C2)cc1.Cl. The molecule has 144 valence electrons. The number of halogens is 1. The molecule has 1 aliphatic rings. The van der Waals surface area contributed by atoms with Crippen molar-refractivity contribution >= 4 is 24.1 Å². The largest absolute Gasteiger partial charge is 0.484 e. The van der Waals surface area contributed by atoms with E-state index in [0.717, 1.165) is 5.56 Å². The minimum atomic E-state index is -0.0763. The highest BCUT2D eigenvalue weighted by Crippen LogP contribution is 2.26. The van der Waals surface area contributed by atoms with Crippen molar-refractivity contribution in [3.05, 3.63) is 65.7 Å². The average Bonchev–Trinajstić information content (AvgIpc) is 3.08. The predicted octanol–water partition coefficient (Wildman–Crippen LogP) is 3.03. The van der Waals surface area contributed by atoms with E-state index in [0.29, 0.717) is 30.8 Å². The molecule has 0 saturated carbocycles. The number of rotatable bonds is 6. The van der Waals surface area contributed by atoms with Crippen molar-refractivity contribution in [1.82, 2.24) is 4.90 Å². The number of ketones is 1. The second kappa shape index (κ2) is 9.53. The van der Waals surface area contributed by atoms with E-state index in [1.54, 1.807) is 29.2 Å². The van der Waals surface area contributed by atoms with Crippen LogP contribution >= 0.6 is 12.4 Å². The van der Waals surface area contributed by atoms with Crippen LogP contribution in [0.4, 0.5) is 0 Å². The van der Waals surface area contributed by atoms with Gasteiger partial charge in [0, 0.05) is 37.0 Å². The van der Waals surface area contributed by atoms with Crippen LogP contribution in [0.3, 0.4) is 0 Å². The lowest BCUT2D eigenvalue weighted by atomic mass is 9.95. The first-order chi connectivity index (χ1) is 12.6. The zero-order valence-electron chi connectivity index (χ0n) is 15.3. The third-order valence-corrected chi connectivity index (χ3v) is 4.81. The van der Waals surface area contributed by atoms with Crippen LogP contribution < -0.4 is 10.5 Å². The number of amides is 1. The first-order valence-corrected chi connectivity index (χ1v) is 8.93. The van der Waals surface area contributed by atoms with Gasteiger partial charge in [0.15, 0.2) is 12.4 Å². The van der Waals surface area contributed by atoms with Gasteiger partial charge in [-0.15, -0.1) is 12.4 Å². The number of carbonyl (C=O) groups excluding carboxylic acids is 2. The molecule has 1 fully saturated rings. The summed E-state index contributed by atoms with van der Waals surface area (Å²) in [5.41, 5.74) is 8.05. The number of hydrogen-bond acceptors (Lipinski definition) is 4. The molecule has 0 aliphatic carbocycles. The maximum Gasteiger partial charge on any atom is 0.260 e. The Labute approximate surface area is 165 Å². The number of likely N-dealkylation sites (tertiary alicyclic amines) is 1. The summed E-state index contributed by atoms with van der Waals surface area (Å²) in [7, 11) is 0. The van der Waals surface area contributed by atoms with Gasteiger partial charge in [-0.1, -0.05) is 37.3 Å². The highest BCUT2D eigenvalue weighted by atomic mass is 35.5. The van der Waals surface area contributed by atoms with E-state index < -0.39 is 0 Å². The Morgan fingerprint density at radius 2 is 1.74 bits per heavy atom. The summed E-state index contributed by atoms with van der Waals surface area (Å²) in [6, 6.07) is 16.9. The molecule has 1 amide bonds. The molecule has 2 aromatic carbocycles. The van der Waals surface area contributed by atoms with Gasteiger partial charge in [0.2, 0.25) is 0 Å². The first-order valence-electron chi connectivity index (χ1n) is 8.93. The molecular formula is C21H25ClN2O3. The van der Waals surface area contributed by atoms with Crippen LogP contribution in [-0.4, -0.2) is 42.3 Å². The van der Waals surface area contributed by atoms with Crippen LogP contribution in [0, 0.1) is 0 Å². The number of carbonyl (C=O) groups is 2. The van der Waals surface area contributed by atoms with Crippen LogP contribution in [0.1, 0.15) is 35.2 Å². The summed E-state index contributed by atoms with van der Waals surface area (Å²) in [6.45, 7) is 2.94.